The second-order valence-corrected chi connectivity index (χ2v) is 3.93. The standard InChI is InChI=1S/C9H15NOS/c1-3-8(11)4-5-9-10-7(2)6-12-9/h6,8,11H,3-5H2,1-2H3. The number of aryl methyl sites for hydroxylation is 2. The van der Waals surface area contributed by atoms with Gasteiger partial charge in [0.15, 0.2) is 0 Å². The molecule has 0 saturated carbocycles. The second kappa shape index (κ2) is 4.58. The number of aromatic nitrogens is 1. The maximum absolute atomic E-state index is 9.30. The Labute approximate surface area is 77.3 Å². The minimum atomic E-state index is -0.158. The summed E-state index contributed by atoms with van der Waals surface area (Å²) in [6, 6.07) is 0. The van der Waals surface area contributed by atoms with E-state index < -0.39 is 0 Å². The van der Waals surface area contributed by atoms with Gasteiger partial charge in [0.2, 0.25) is 0 Å². The molecule has 1 unspecified atom stereocenters. The maximum atomic E-state index is 9.30. The van der Waals surface area contributed by atoms with Crippen molar-refractivity contribution in [1.82, 2.24) is 4.98 Å². The number of rotatable bonds is 4. The summed E-state index contributed by atoms with van der Waals surface area (Å²) in [6.07, 6.45) is 2.43. The minimum absolute atomic E-state index is 0.158. The minimum Gasteiger partial charge on any atom is -0.393 e. The SMILES string of the molecule is CCC(O)CCc1nc(C)cs1. The highest BCUT2D eigenvalue weighted by Crippen LogP contribution is 2.12. The number of nitrogens with zero attached hydrogens (tertiary/aromatic N) is 1. The lowest BCUT2D eigenvalue weighted by Gasteiger charge is -2.04. The summed E-state index contributed by atoms with van der Waals surface area (Å²) in [6.45, 7) is 3.99. The highest BCUT2D eigenvalue weighted by molar-refractivity contribution is 7.09. The lowest BCUT2D eigenvalue weighted by atomic mass is 10.1. The molecule has 1 atom stereocenters. The summed E-state index contributed by atoms with van der Waals surface area (Å²) < 4.78 is 0. The van der Waals surface area contributed by atoms with Crippen molar-refractivity contribution in [1.29, 1.82) is 0 Å². The summed E-state index contributed by atoms with van der Waals surface area (Å²) in [5, 5.41) is 12.5. The van der Waals surface area contributed by atoms with Crippen molar-refractivity contribution in [3.8, 4) is 0 Å². The third kappa shape index (κ3) is 2.91. The van der Waals surface area contributed by atoms with Crippen LogP contribution in [0, 0.1) is 6.92 Å². The van der Waals surface area contributed by atoms with Gasteiger partial charge in [-0.15, -0.1) is 11.3 Å². The van der Waals surface area contributed by atoms with E-state index in [1.165, 1.54) is 0 Å². The number of hydrogen-bond donors (Lipinski definition) is 1. The van der Waals surface area contributed by atoms with Crippen LogP contribution < -0.4 is 0 Å². The van der Waals surface area contributed by atoms with Crippen LogP contribution in [0.15, 0.2) is 5.38 Å². The molecular weight excluding hydrogens is 170 g/mol. The first-order valence-electron chi connectivity index (χ1n) is 4.31. The lowest BCUT2D eigenvalue weighted by molar-refractivity contribution is 0.160. The van der Waals surface area contributed by atoms with Crippen LogP contribution in [0.25, 0.3) is 0 Å². The van der Waals surface area contributed by atoms with E-state index in [1.54, 1.807) is 11.3 Å². The Morgan fingerprint density at radius 1 is 1.67 bits per heavy atom. The molecule has 0 spiro atoms. The zero-order valence-electron chi connectivity index (χ0n) is 7.58. The molecule has 0 amide bonds. The highest BCUT2D eigenvalue weighted by Gasteiger charge is 2.03. The van der Waals surface area contributed by atoms with E-state index in [9.17, 15) is 5.11 Å². The van der Waals surface area contributed by atoms with Gasteiger partial charge >= 0.3 is 0 Å². The molecule has 0 aliphatic heterocycles. The average Bonchev–Trinajstić information content (AvgIpc) is 2.47. The summed E-state index contributed by atoms with van der Waals surface area (Å²) in [5.74, 6) is 0. The fourth-order valence-electron chi connectivity index (χ4n) is 1.01. The van der Waals surface area contributed by atoms with Crippen molar-refractivity contribution in [3.63, 3.8) is 0 Å². The van der Waals surface area contributed by atoms with Gasteiger partial charge in [0.1, 0.15) is 0 Å². The normalized spacial score (nSPS) is 13.2. The zero-order chi connectivity index (χ0) is 8.97. The molecule has 1 N–H and O–H groups in total. The Morgan fingerprint density at radius 3 is 2.92 bits per heavy atom. The summed E-state index contributed by atoms with van der Waals surface area (Å²) >= 11 is 1.68. The molecule has 0 aromatic carbocycles. The van der Waals surface area contributed by atoms with Gasteiger partial charge in [-0.25, -0.2) is 4.98 Å². The van der Waals surface area contributed by atoms with Gasteiger partial charge in [-0.3, -0.25) is 0 Å². The maximum Gasteiger partial charge on any atom is 0.0929 e. The Balaban J connectivity index is 2.33. The van der Waals surface area contributed by atoms with Crippen LogP contribution in [0.3, 0.4) is 0 Å². The van der Waals surface area contributed by atoms with Crippen LogP contribution in [0.2, 0.25) is 0 Å². The Morgan fingerprint density at radius 2 is 2.42 bits per heavy atom. The molecule has 68 valence electrons. The van der Waals surface area contributed by atoms with E-state index in [4.69, 9.17) is 0 Å². The monoisotopic (exact) mass is 185 g/mol. The third-order valence-electron chi connectivity index (χ3n) is 1.83. The van der Waals surface area contributed by atoms with Gasteiger partial charge in [0.05, 0.1) is 11.1 Å². The number of aliphatic hydroxyl groups is 1. The molecule has 0 saturated heterocycles. The van der Waals surface area contributed by atoms with E-state index >= 15 is 0 Å². The number of thiazole rings is 1. The Kier molecular flexibility index (Phi) is 3.69. The predicted molar refractivity (Wildman–Crippen MR) is 51.5 cm³/mol. The predicted octanol–water partition coefficient (Wildman–Crippen LogP) is 2.16. The van der Waals surface area contributed by atoms with Crippen LogP contribution in [0.4, 0.5) is 0 Å². The van der Waals surface area contributed by atoms with Crippen LogP contribution in [-0.2, 0) is 6.42 Å². The first-order chi connectivity index (χ1) is 5.72. The molecule has 3 heteroatoms. The first-order valence-corrected chi connectivity index (χ1v) is 5.19. The highest BCUT2D eigenvalue weighted by atomic mass is 32.1. The molecule has 12 heavy (non-hydrogen) atoms. The van der Waals surface area contributed by atoms with Gasteiger partial charge in [-0.2, -0.15) is 0 Å². The van der Waals surface area contributed by atoms with E-state index in [0.717, 1.165) is 30.0 Å². The molecule has 0 radical (unpaired) electrons. The third-order valence-corrected chi connectivity index (χ3v) is 2.86. The van der Waals surface area contributed by atoms with Crippen molar-refractivity contribution in [2.45, 2.75) is 39.2 Å². The summed E-state index contributed by atoms with van der Waals surface area (Å²) in [4.78, 5) is 4.32. The Hall–Kier alpha value is -0.410. The quantitative estimate of drug-likeness (QED) is 0.779. The molecule has 0 aliphatic rings. The van der Waals surface area contributed by atoms with E-state index in [0.29, 0.717) is 0 Å². The van der Waals surface area contributed by atoms with Gasteiger partial charge in [-0.05, 0) is 19.8 Å². The second-order valence-electron chi connectivity index (χ2n) is 2.98. The molecule has 2 nitrogen and oxygen atoms in total. The summed E-state index contributed by atoms with van der Waals surface area (Å²) in [5.41, 5.74) is 1.08. The zero-order valence-corrected chi connectivity index (χ0v) is 8.40. The summed E-state index contributed by atoms with van der Waals surface area (Å²) in [7, 11) is 0. The Bertz CT molecular complexity index is 234. The van der Waals surface area contributed by atoms with Gasteiger partial charge < -0.3 is 5.11 Å². The van der Waals surface area contributed by atoms with E-state index in [2.05, 4.69) is 4.98 Å². The van der Waals surface area contributed by atoms with Crippen LogP contribution >= 0.6 is 11.3 Å². The molecular formula is C9H15NOS. The molecule has 0 bridgehead atoms. The van der Waals surface area contributed by atoms with Gasteiger partial charge in [0.25, 0.3) is 0 Å². The van der Waals surface area contributed by atoms with Crippen molar-refractivity contribution in [2.75, 3.05) is 0 Å². The van der Waals surface area contributed by atoms with Crippen molar-refractivity contribution in [2.24, 2.45) is 0 Å². The molecule has 1 heterocycles. The van der Waals surface area contributed by atoms with Crippen LogP contribution in [0.1, 0.15) is 30.5 Å². The van der Waals surface area contributed by atoms with Gasteiger partial charge in [0, 0.05) is 17.5 Å². The molecule has 1 aromatic heterocycles. The lowest BCUT2D eigenvalue weighted by Crippen LogP contribution is -2.05. The van der Waals surface area contributed by atoms with Crippen molar-refractivity contribution >= 4 is 11.3 Å². The average molecular weight is 185 g/mol. The smallest absolute Gasteiger partial charge is 0.0929 e. The van der Waals surface area contributed by atoms with Crippen molar-refractivity contribution < 1.29 is 5.11 Å². The topological polar surface area (TPSA) is 33.1 Å². The fourth-order valence-corrected chi connectivity index (χ4v) is 1.80. The molecule has 0 aliphatic carbocycles. The molecule has 1 rings (SSSR count). The van der Waals surface area contributed by atoms with E-state index in [-0.39, 0.29) is 6.10 Å². The molecule has 0 fully saturated rings. The van der Waals surface area contributed by atoms with Crippen LogP contribution in [0.5, 0.6) is 0 Å². The van der Waals surface area contributed by atoms with Gasteiger partial charge in [-0.1, -0.05) is 6.92 Å². The van der Waals surface area contributed by atoms with Crippen LogP contribution in [-0.4, -0.2) is 16.2 Å². The largest absolute Gasteiger partial charge is 0.393 e. The number of aliphatic hydroxyl groups excluding tert-OH is 1. The number of hydrogen-bond acceptors (Lipinski definition) is 3. The van der Waals surface area contributed by atoms with Crippen molar-refractivity contribution in [3.05, 3.63) is 16.1 Å². The van der Waals surface area contributed by atoms with E-state index in [1.807, 2.05) is 19.2 Å². The first kappa shape index (κ1) is 9.68. The molecule has 1 aromatic rings. The fraction of sp³-hybridized carbons (Fsp3) is 0.667.